The highest BCUT2D eigenvalue weighted by atomic mass is 19.1. The molecule has 0 aromatic heterocycles. The third-order valence-corrected chi connectivity index (χ3v) is 10.3. The van der Waals surface area contributed by atoms with E-state index in [9.17, 15) is 5.21 Å². The van der Waals surface area contributed by atoms with Crippen LogP contribution in [0.5, 0.6) is 0 Å². The summed E-state index contributed by atoms with van der Waals surface area (Å²) < 4.78 is 15.5. The fourth-order valence-electron chi connectivity index (χ4n) is 8.67. The summed E-state index contributed by atoms with van der Waals surface area (Å²) in [6, 6.07) is 0. The van der Waals surface area contributed by atoms with Gasteiger partial charge in [0.05, 0.1) is 5.71 Å². The van der Waals surface area contributed by atoms with Gasteiger partial charge in [-0.25, -0.2) is 4.39 Å². The molecule has 0 radical (unpaired) electrons. The topological polar surface area (TPSA) is 32.6 Å². The van der Waals surface area contributed by atoms with Crippen molar-refractivity contribution < 1.29 is 9.60 Å². The van der Waals surface area contributed by atoms with Gasteiger partial charge in [0.2, 0.25) is 0 Å². The molecule has 3 heteroatoms. The minimum atomic E-state index is -0.863. The van der Waals surface area contributed by atoms with Gasteiger partial charge in [0.15, 0.2) is 0 Å². The van der Waals surface area contributed by atoms with Crippen molar-refractivity contribution in [2.75, 3.05) is 0 Å². The van der Waals surface area contributed by atoms with Gasteiger partial charge in [0, 0.05) is 0 Å². The zero-order valence-electron chi connectivity index (χ0n) is 20.0. The SMILES string of the molecule is CC(C)CCC[C@@H](C)[C@H]1CC[C@H]2[C@@H]3C[C@@H](F)C4=C/C(=N/O)CC[C@]4(C)[C@H]3CC[C@]12C. The lowest BCUT2D eigenvalue weighted by Crippen LogP contribution is -2.53. The molecule has 0 bridgehead atoms. The molecular formula is C27H44FNO. The third kappa shape index (κ3) is 3.56. The highest BCUT2D eigenvalue weighted by Gasteiger charge is 2.61. The zero-order valence-corrected chi connectivity index (χ0v) is 20.0. The summed E-state index contributed by atoms with van der Waals surface area (Å²) in [7, 11) is 0. The number of hydrogen-bond donors (Lipinski definition) is 1. The highest BCUT2D eigenvalue weighted by molar-refractivity contribution is 5.96. The van der Waals surface area contributed by atoms with E-state index in [1.165, 1.54) is 44.9 Å². The first-order valence-electron chi connectivity index (χ1n) is 12.8. The van der Waals surface area contributed by atoms with Crippen LogP contribution in [0, 0.1) is 46.3 Å². The molecule has 0 aromatic rings. The van der Waals surface area contributed by atoms with Crippen LogP contribution in [-0.4, -0.2) is 17.1 Å². The number of halogens is 1. The normalized spacial score (nSPS) is 45.6. The average molecular weight is 418 g/mol. The van der Waals surface area contributed by atoms with E-state index in [4.69, 9.17) is 0 Å². The monoisotopic (exact) mass is 417 g/mol. The van der Waals surface area contributed by atoms with E-state index in [2.05, 4.69) is 39.8 Å². The number of allylic oxidation sites excluding steroid dienone is 2. The van der Waals surface area contributed by atoms with Crippen LogP contribution in [0.2, 0.25) is 0 Å². The number of fused-ring (bicyclic) bond motifs is 5. The van der Waals surface area contributed by atoms with Gasteiger partial charge in [-0.15, -0.1) is 0 Å². The van der Waals surface area contributed by atoms with Crippen LogP contribution in [0.4, 0.5) is 4.39 Å². The number of hydrogen-bond acceptors (Lipinski definition) is 2. The first-order valence-corrected chi connectivity index (χ1v) is 12.8. The van der Waals surface area contributed by atoms with Crippen molar-refractivity contribution in [2.24, 2.45) is 51.5 Å². The van der Waals surface area contributed by atoms with Crippen molar-refractivity contribution in [1.29, 1.82) is 0 Å². The molecule has 4 aliphatic carbocycles. The van der Waals surface area contributed by atoms with Crippen molar-refractivity contribution >= 4 is 5.71 Å². The van der Waals surface area contributed by atoms with Gasteiger partial charge < -0.3 is 5.21 Å². The maximum atomic E-state index is 15.5. The lowest BCUT2D eigenvalue weighted by molar-refractivity contribution is -0.0712. The number of alkyl halides is 1. The Hall–Kier alpha value is -0.860. The Kier molecular flexibility index (Phi) is 6.14. The van der Waals surface area contributed by atoms with Crippen molar-refractivity contribution in [2.45, 2.75) is 105 Å². The summed E-state index contributed by atoms with van der Waals surface area (Å²) in [5, 5.41) is 12.6. The summed E-state index contributed by atoms with van der Waals surface area (Å²) in [5.41, 5.74) is 1.96. The smallest absolute Gasteiger partial charge is 0.122 e. The molecule has 3 fully saturated rings. The average Bonchev–Trinajstić information content (AvgIpc) is 3.05. The fourth-order valence-corrected chi connectivity index (χ4v) is 8.67. The van der Waals surface area contributed by atoms with Crippen molar-refractivity contribution in [3.63, 3.8) is 0 Å². The first-order chi connectivity index (χ1) is 14.2. The Balaban J connectivity index is 1.53. The predicted octanol–water partition coefficient (Wildman–Crippen LogP) is 7.81. The van der Waals surface area contributed by atoms with Crippen LogP contribution in [0.25, 0.3) is 0 Å². The lowest BCUT2D eigenvalue weighted by atomic mass is 9.46. The van der Waals surface area contributed by atoms with Crippen LogP contribution < -0.4 is 0 Å². The highest BCUT2D eigenvalue weighted by Crippen LogP contribution is 2.68. The summed E-state index contributed by atoms with van der Waals surface area (Å²) >= 11 is 0. The van der Waals surface area contributed by atoms with Crippen LogP contribution in [-0.2, 0) is 0 Å². The molecule has 0 aliphatic heterocycles. The molecule has 0 amide bonds. The number of oxime groups is 1. The van der Waals surface area contributed by atoms with E-state index in [0.29, 0.717) is 35.3 Å². The Bertz CT molecular complexity index is 699. The maximum Gasteiger partial charge on any atom is 0.122 e. The fraction of sp³-hybridized carbons (Fsp3) is 0.889. The quantitative estimate of drug-likeness (QED) is 0.359. The Morgan fingerprint density at radius 3 is 2.57 bits per heavy atom. The van der Waals surface area contributed by atoms with Crippen LogP contribution in [0.15, 0.2) is 16.8 Å². The molecule has 30 heavy (non-hydrogen) atoms. The van der Waals surface area contributed by atoms with Gasteiger partial charge in [-0.3, -0.25) is 0 Å². The Labute approximate surface area is 183 Å². The molecule has 8 atom stereocenters. The van der Waals surface area contributed by atoms with Crippen LogP contribution >= 0.6 is 0 Å². The second-order valence-corrected chi connectivity index (χ2v) is 12.2. The second-order valence-electron chi connectivity index (χ2n) is 12.2. The van der Waals surface area contributed by atoms with Gasteiger partial charge >= 0.3 is 0 Å². The van der Waals surface area contributed by atoms with Crippen LogP contribution in [0.1, 0.15) is 98.8 Å². The second kappa shape index (κ2) is 8.24. The molecule has 0 spiro atoms. The molecule has 0 unspecified atom stereocenters. The summed E-state index contributed by atoms with van der Waals surface area (Å²) in [6.45, 7) is 12.1. The van der Waals surface area contributed by atoms with E-state index in [-0.39, 0.29) is 5.41 Å². The van der Waals surface area contributed by atoms with E-state index in [0.717, 1.165) is 36.2 Å². The van der Waals surface area contributed by atoms with Gasteiger partial charge in [-0.05, 0) is 103 Å². The van der Waals surface area contributed by atoms with Crippen molar-refractivity contribution in [3.8, 4) is 0 Å². The van der Waals surface area contributed by atoms with E-state index >= 15 is 4.39 Å². The van der Waals surface area contributed by atoms with Gasteiger partial charge in [0.1, 0.15) is 6.17 Å². The molecule has 1 N–H and O–H groups in total. The largest absolute Gasteiger partial charge is 0.411 e. The summed E-state index contributed by atoms with van der Waals surface area (Å²) in [6.07, 6.45) is 12.7. The van der Waals surface area contributed by atoms with Crippen molar-refractivity contribution in [1.82, 2.24) is 0 Å². The molecule has 4 rings (SSSR count). The first kappa shape index (κ1) is 22.3. The number of rotatable bonds is 5. The number of nitrogens with zero attached hydrogens (tertiary/aromatic N) is 1. The minimum absolute atomic E-state index is 0.0428. The van der Waals surface area contributed by atoms with E-state index in [1.807, 2.05) is 6.08 Å². The summed E-state index contributed by atoms with van der Waals surface area (Å²) in [5.74, 6) is 4.24. The molecule has 4 aliphatic rings. The van der Waals surface area contributed by atoms with Gasteiger partial charge in [0.25, 0.3) is 0 Å². The van der Waals surface area contributed by atoms with Crippen molar-refractivity contribution in [3.05, 3.63) is 11.6 Å². The molecule has 170 valence electrons. The summed E-state index contributed by atoms with van der Waals surface area (Å²) in [4.78, 5) is 0. The van der Waals surface area contributed by atoms with E-state index < -0.39 is 6.17 Å². The zero-order chi connectivity index (χ0) is 21.7. The molecule has 0 heterocycles. The lowest BCUT2D eigenvalue weighted by Gasteiger charge is -2.59. The molecule has 2 nitrogen and oxygen atoms in total. The molecule has 0 saturated heterocycles. The standard InChI is InChI=1S/C27H44FNO/c1-17(2)7-6-8-18(3)21-9-10-22-20-16-25(28)24-15-19(29-30)11-13-27(24,5)23(20)12-14-26(21,22)4/h15,17-18,20-23,25,30H,6-14,16H2,1-5H3/b29-19+/t18-,20+,21-,22+,23+,25-,26-,27-/m1/s1. The molecular weight excluding hydrogens is 373 g/mol. The van der Waals surface area contributed by atoms with Gasteiger partial charge in [-0.1, -0.05) is 59.0 Å². The van der Waals surface area contributed by atoms with E-state index in [1.54, 1.807) is 0 Å². The predicted molar refractivity (Wildman–Crippen MR) is 123 cm³/mol. The van der Waals surface area contributed by atoms with Gasteiger partial charge in [-0.2, -0.15) is 0 Å². The maximum absolute atomic E-state index is 15.5. The third-order valence-electron chi connectivity index (χ3n) is 10.3. The minimum Gasteiger partial charge on any atom is -0.411 e. The Morgan fingerprint density at radius 1 is 1.10 bits per heavy atom. The Morgan fingerprint density at radius 2 is 1.87 bits per heavy atom. The molecule has 3 saturated carbocycles. The molecule has 0 aromatic carbocycles. The van der Waals surface area contributed by atoms with Crippen LogP contribution in [0.3, 0.4) is 0 Å².